The fourth-order valence-corrected chi connectivity index (χ4v) is 2.83. The van der Waals surface area contributed by atoms with Crippen molar-refractivity contribution in [2.45, 2.75) is 49.8 Å². The van der Waals surface area contributed by atoms with Gasteiger partial charge in [0.15, 0.2) is 0 Å². The summed E-state index contributed by atoms with van der Waals surface area (Å²) >= 11 is 13.9. The summed E-state index contributed by atoms with van der Waals surface area (Å²) in [6.07, 6.45) is 1.11. The Kier molecular flexibility index (Phi) is 6.32. The SMILES string of the molecule is CCC(C)(C)NCC(C)Sc1cc(Cl)ccc1Cl. The Bertz CT molecular complexity index is 393. The van der Waals surface area contributed by atoms with Crippen molar-refractivity contribution in [2.24, 2.45) is 0 Å². The lowest BCUT2D eigenvalue weighted by Crippen LogP contribution is -2.41. The molecule has 0 saturated heterocycles. The Labute approximate surface area is 125 Å². The number of benzene rings is 1. The zero-order valence-corrected chi connectivity index (χ0v) is 13.7. The Morgan fingerprint density at radius 2 is 2.00 bits per heavy atom. The number of rotatable bonds is 6. The van der Waals surface area contributed by atoms with Crippen molar-refractivity contribution in [1.29, 1.82) is 0 Å². The molecule has 0 radical (unpaired) electrons. The van der Waals surface area contributed by atoms with E-state index in [0.717, 1.165) is 27.9 Å². The summed E-state index contributed by atoms with van der Waals surface area (Å²) in [5.41, 5.74) is 0.187. The van der Waals surface area contributed by atoms with E-state index >= 15 is 0 Å². The van der Waals surface area contributed by atoms with E-state index in [9.17, 15) is 0 Å². The van der Waals surface area contributed by atoms with Crippen molar-refractivity contribution in [3.63, 3.8) is 0 Å². The zero-order valence-electron chi connectivity index (χ0n) is 11.4. The second-order valence-corrected chi connectivity index (χ2v) is 7.45. The van der Waals surface area contributed by atoms with E-state index in [1.807, 2.05) is 18.2 Å². The second-order valence-electron chi connectivity index (χ2n) is 5.12. The molecule has 0 heterocycles. The minimum atomic E-state index is 0.187. The Hall–Kier alpha value is 0.110. The number of hydrogen-bond donors (Lipinski definition) is 1. The largest absolute Gasteiger partial charge is 0.311 e. The first kappa shape index (κ1) is 16.2. The van der Waals surface area contributed by atoms with Crippen LogP contribution in [0.4, 0.5) is 0 Å². The van der Waals surface area contributed by atoms with Crippen LogP contribution in [-0.4, -0.2) is 17.3 Å². The summed E-state index contributed by atoms with van der Waals surface area (Å²) in [6.45, 7) is 9.78. The number of hydrogen-bond acceptors (Lipinski definition) is 2. The van der Waals surface area contributed by atoms with Crippen LogP contribution in [0.5, 0.6) is 0 Å². The Balaban J connectivity index is 2.54. The fourth-order valence-electron chi connectivity index (χ4n) is 1.37. The molecule has 0 fully saturated rings. The van der Waals surface area contributed by atoms with Gasteiger partial charge in [0, 0.05) is 27.3 Å². The van der Waals surface area contributed by atoms with Gasteiger partial charge in [-0.05, 0) is 38.5 Å². The average Bonchev–Trinajstić information content (AvgIpc) is 2.31. The quantitative estimate of drug-likeness (QED) is 0.720. The van der Waals surface area contributed by atoms with E-state index in [4.69, 9.17) is 23.2 Å². The fraction of sp³-hybridized carbons (Fsp3) is 0.571. The average molecular weight is 306 g/mol. The van der Waals surface area contributed by atoms with Gasteiger partial charge in [0.2, 0.25) is 0 Å². The third-order valence-electron chi connectivity index (χ3n) is 2.97. The molecule has 0 aromatic heterocycles. The lowest BCUT2D eigenvalue weighted by Gasteiger charge is -2.26. The summed E-state index contributed by atoms with van der Waals surface area (Å²) < 4.78 is 0. The molecular formula is C14H21Cl2NS. The molecule has 1 atom stereocenters. The number of halogens is 2. The molecule has 0 saturated carbocycles. The predicted octanol–water partition coefficient (Wildman–Crippen LogP) is 5.25. The van der Waals surface area contributed by atoms with Crippen molar-refractivity contribution >= 4 is 35.0 Å². The molecule has 0 bridgehead atoms. The van der Waals surface area contributed by atoms with Crippen LogP contribution < -0.4 is 5.32 Å². The molecule has 0 amide bonds. The van der Waals surface area contributed by atoms with Gasteiger partial charge in [-0.2, -0.15) is 0 Å². The van der Waals surface area contributed by atoms with Crippen molar-refractivity contribution in [3.8, 4) is 0 Å². The summed E-state index contributed by atoms with van der Waals surface area (Å²) in [5, 5.41) is 5.52. The van der Waals surface area contributed by atoms with Crippen molar-refractivity contribution in [1.82, 2.24) is 5.32 Å². The monoisotopic (exact) mass is 305 g/mol. The smallest absolute Gasteiger partial charge is 0.0543 e. The highest BCUT2D eigenvalue weighted by atomic mass is 35.5. The van der Waals surface area contributed by atoms with Crippen LogP contribution in [0.15, 0.2) is 23.1 Å². The summed E-state index contributed by atoms with van der Waals surface area (Å²) in [4.78, 5) is 1.05. The first-order valence-corrected chi connectivity index (χ1v) is 7.84. The summed E-state index contributed by atoms with van der Waals surface area (Å²) in [6, 6.07) is 5.59. The van der Waals surface area contributed by atoms with Crippen LogP contribution in [0.3, 0.4) is 0 Å². The van der Waals surface area contributed by atoms with Gasteiger partial charge in [0.1, 0.15) is 0 Å². The normalized spacial score (nSPS) is 13.7. The minimum Gasteiger partial charge on any atom is -0.311 e. The summed E-state index contributed by atoms with van der Waals surface area (Å²) in [5.74, 6) is 0. The van der Waals surface area contributed by atoms with Crippen LogP contribution in [0, 0.1) is 0 Å². The van der Waals surface area contributed by atoms with Crippen molar-refractivity contribution < 1.29 is 0 Å². The molecule has 0 aliphatic carbocycles. The number of thioether (sulfide) groups is 1. The van der Waals surface area contributed by atoms with E-state index in [1.54, 1.807) is 11.8 Å². The number of nitrogens with one attached hydrogen (secondary N) is 1. The highest BCUT2D eigenvalue weighted by Crippen LogP contribution is 2.32. The molecule has 1 aromatic rings. The molecule has 0 aliphatic heterocycles. The molecule has 0 aliphatic rings. The first-order chi connectivity index (χ1) is 8.34. The maximum Gasteiger partial charge on any atom is 0.0543 e. The van der Waals surface area contributed by atoms with E-state index < -0.39 is 0 Å². The molecule has 4 heteroatoms. The molecule has 1 unspecified atom stereocenters. The van der Waals surface area contributed by atoms with Gasteiger partial charge in [-0.3, -0.25) is 0 Å². The lowest BCUT2D eigenvalue weighted by molar-refractivity contribution is 0.379. The molecule has 1 N–H and O–H groups in total. The van der Waals surface area contributed by atoms with E-state index in [1.165, 1.54) is 0 Å². The minimum absolute atomic E-state index is 0.187. The Morgan fingerprint density at radius 3 is 2.61 bits per heavy atom. The van der Waals surface area contributed by atoms with Crippen LogP contribution in [0.1, 0.15) is 34.1 Å². The van der Waals surface area contributed by atoms with Gasteiger partial charge in [-0.25, -0.2) is 0 Å². The van der Waals surface area contributed by atoms with Gasteiger partial charge in [-0.15, -0.1) is 11.8 Å². The third-order valence-corrected chi connectivity index (χ3v) is 4.81. The van der Waals surface area contributed by atoms with Crippen molar-refractivity contribution in [2.75, 3.05) is 6.54 Å². The summed E-state index contributed by atoms with van der Waals surface area (Å²) in [7, 11) is 0. The van der Waals surface area contributed by atoms with E-state index in [2.05, 4.69) is 33.0 Å². The first-order valence-electron chi connectivity index (χ1n) is 6.21. The lowest BCUT2D eigenvalue weighted by atomic mass is 10.0. The highest BCUT2D eigenvalue weighted by Gasteiger charge is 2.16. The molecule has 18 heavy (non-hydrogen) atoms. The van der Waals surface area contributed by atoms with Crippen LogP contribution >= 0.6 is 35.0 Å². The van der Waals surface area contributed by atoms with Gasteiger partial charge in [0.05, 0.1) is 5.02 Å². The highest BCUT2D eigenvalue weighted by molar-refractivity contribution is 8.00. The Morgan fingerprint density at radius 1 is 1.33 bits per heavy atom. The maximum absolute atomic E-state index is 6.16. The standard InChI is InChI=1S/C14H21Cl2NS/c1-5-14(3,4)17-9-10(2)18-13-8-11(15)6-7-12(13)16/h6-8,10,17H,5,9H2,1-4H3. The molecule has 1 rings (SSSR count). The molecule has 102 valence electrons. The van der Waals surface area contributed by atoms with Gasteiger partial charge >= 0.3 is 0 Å². The molecule has 0 spiro atoms. The molecule has 1 aromatic carbocycles. The topological polar surface area (TPSA) is 12.0 Å². The zero-order chi connectivity index (χ0) is 13.8. The van der Waals surface area contributed by atoms with E-state index in [0.29, 0.717) is 5.25 Å². The van der Waals surface area contributed by atoms with Gasteiger partial charge < -0.3 is 5.32 Å². The van der Waals surface area contributed by atoms with E-state index in [-0.39, 0.29) is 5.54 Å². The van der Waals surface area contributed by atoms with Crippen LogP contribution in [0.25, 0.3) is 0 Å². The van der Waals surface area contributed by atoms with Gasteiger partial charge in [0.25, 0.3) is 0 Å². The van der Waals surface area contributed by atoms with Crippen molar-refractivity contribution in [3.05, 3.63) is 28.2 Å². The third kappa shape index (κ3) is 5.40. The molecular weight excluding hydrogens is 285 g/mol. The molecule has 1 nitrogen and oxygen atoms in total. The second kappa shape index (κ2) is 7.04. The predicted molar refractivity (Wildman–Crippen MR) is 84.2 cm³/mol. The van der Waals surface area contributed by atoms with Crippen LogP contribution in [0.2, 0.25) is 10.0 Å². The maximum atomic E-state index is 6.16. The van der Waals surface area contributed by atoms with Crippen LogP contribution in [-0.2, 0) is 0 Å². The van der Waals surface area contributed by atoms with Gasteiger partial charge in [-0.1, -0.05) is 37.0 Å².